The Labute approximate surface area is 97.6 Å². The van der Waals surface area contributed by atoms with Crippen molar-refractivity contribution in [2.45, 2.75) is 46.6 Å². The van der Waals surface area contributed by atoms with Gasteiger partial charge in [-0.3, -0.25) is 9.59 Å². The van der Waals surface area contributed by atoms with Crippen molar-refractivity contribution in [3.63, 3.8) is 0 Å². The molecule has 0 saturated heterocycles. The van der Waals surface area contributed by atoms with Gasteiger partial charge in [0.25, 0.3) is 0 Å². The van der Waals surface area contributed by atoms with Gasteiger partial charge in [0.2, 0.25) is 0 Å². The smallest absolute Gasteiger partial charge is 0.305 e. The standard InChI is InChI=1S/C6H12O2.C6H10O2/c1-4-6(7)8-5(2)3;1-3-5-8-6(7)4-2/h5H,4H2,1-3H3;3H,1,4-5H2,2H3. The van der Waals surface area contributed by atoms with Crippen molar-refractivity contribution >= 4 is 11.9 Å². The van der Waals surface area contributed by atoms with E-state index in [2.05, 4.69) is 11.3 Å². The van der Waals surface area contributed by atoms with Crippen molar-refractivity contribution < 1.29 is 19.1 Å². The van der Waals surface area contributed by atoms with Gasteiger partial charge in [0.1, 0.15) is 6.61 Å². The molecule has 0 unspecified atom stereocenters. The minimum absolute atomic E-state index is 0.0300. The van der Waals surface area contributed by atoms with Crippen LogP contribution in [0.25, 0.3) is 0 Å². The quantitative estimate of drug-likeness (QED) is 0.538. The molecule has 0 amide bonds. The molecule has 0 aromatic carbocycles. The van der Waals surface area contributed by atoms with Gasteiger partial charge in [0, 0.05) is 12.8 Å². The predicted molar refractivity (Wildman–Crippen MR) is 63.0 cm³/mol. The first-order valence-corrected chi connectivity index (χ1v) is 5.43. The first-order chi connectivity index (χ1) is 7.47. The molecule has 4 heteroatoms. The number of esters is 2. The summed E-state index contributed by atoms with van der Waals surface area (Å²) in [5.74, 6) is -0.301. The average Bonchev–Trinajstić information content (AvgIpc) is 2.25. The molecule has 0 aliphatic carbocycles. The lowest BCUT2D eigenvalue weighted by molar-refractivity contribution is -0.147. The SMILES string of the molecule is C=CCOC(=O)CC.CCC(=O)OC(C)C. The van der Waals surface area contributed by atoms with E-state index in [9.17, 15) is 9.59 Å². The molecule has 0 bridgehead atoms. The van der Waals surface area contributed by atoms with E-state index in [0.717, 1.165) is 0 Å². The van der Waals surface area contributed by atoms with Crippen molar-refractivity contribution in [1.82, 2.24) is 0 Å². The molecular formula is C12H22O4. The summed E-state index contributed by atoms with van der Waals surface area (Å²) in [4.78, 5) is 20.7. The number of rotatable bonds is 5. The molecule has 0 saturated carbocycles. The van der Waals surface area contributed by atoms with Crippen LogP contribution in [0.15, 0.2) is 12.7 Å². The molecule has 0 N–H and O–H groups in total. The van der Waals surface area contributed by atoms with E-state index in [1.54, 1.807) is 19.9 Å². The van der Waals surface area contributed by atoms with Crippen molar-refractivity contribution in [3.8, 4) is 0 Å². The molecule has 0 fully saturated rings. The van der Waals surface area contributed by atoms with Gasteiger partial charge in [-0.15, -0.1) is 0 Å². The second-order valence-electron chi connectivity index (χ2n) is 3.22. The number of hydrogen-bond donors (Lipinski definition) is 0. The Kier molecular flexibility index (Phi) is 12.6. The van der Waals surface area contributed by atoms with E-state index in [-0.39, 0.29) is 18.0 Å². The molecule has 0 aliphatic heterocycles. The largest absolute Gasteiger partial charge is 0.463 e. The molecule has 4 nitrogen and oxygen atoms in total. The third-order valence-corrected chi connectivity index (χ3v) is 1.31. The maximum atomic E-state index is 10.4. The summed E-state index contributed by atoms with van der Waals surface area (Å²) in [5.41, 5.74) is 0. The van der Waals surface area contributed by atoms with Gasteiger partial charge in [-0.1, -0.05) is 26.5 Å². The van der Waals surface area contributed by atoms with Crippen LogP contribution in [-0.4, -0.2) is 24.6 Å². The van der Waals surface area contributed by atoms with E-state index in [0.29, 0.717) is 19.4 Å². The summed E-state index contributed by atoms with van der Waals surface area (Å²) in [6.45, 7) is 10.9. The van der Waals surface area contributed by atoms with Crippen molar-refractivity contribution in [2.24, 2.45) is 0 Å². The summed E-state index contributed by atoms with van der Waals surface area (Å²) in [5, 5.41) is 0. The minimum atomic E-state index is -0.176. The lowest BCUT2D eigenvalue weighted by atomic mass is 10.4. The zero-order valence-electron chi connectivity index (χ0n) is 10.6. The number of carbonyl (C=O) groups is 2. The molecule has 0 rings (SSSR count). The molecule has 0 aromatic rings. The fraction of sp³-hybridized carbons (Fsp3) is 0.667. The maximum Gasteiger partial charge on any atom is 0.305 e. The minimum Gasteiger partial charge on any atom is -0.463 e. The zero-order chi connectivity index (χ0) is 13.0. The third-order valence-electron chi connectivity index (χ3n) is 1.31. The van der Waals surface area contributed by atoms with E-state index in [1.165, 1.54) is 0 Å². The molecular weight excluding hydrogens is 208 g/mol. The van der Waals surface area contributed by atoms with Crippen molar-refractivity contribution in [2.75, 3.05) is 6.61 Å². The van der Waals surface area contributed by atoms with Crippen LogP contribution in [0.2, 0.25) is 0 Å². The van der Waals surface area contributed by atoms with Gasteiger partial charge in [0.05, 0.1) is 6.10 Å². The van der Waals surface area contributed by atoms with Gasteiger partial charge in [-0.2, -0.15) is 0 Å². The van der Waals surface area contributed by atoms with Crippen molar-refractivity contribution in [1.29, 1.82) is 0 Å². The summed E-state index contributed by atoms with van der Waals surface area (Å²) in [6.07, 6.45) is 2.49. The van der Waals surface area contributed by atoms with Crippen LogP contribution < -0.4 is 0 Å². The van der Waals surface area contributed by atoms with Gasteiger partial charge in [-0.05, 0) is 13.8 Å². The highest BCUT2D eigenvalue weighted by Crippen LogP contribution is 1.90. The highest BCUT2D eigenvalue weighted by Gasteiger charge is 1.98. The van der Waals surface area contributed by atoms with Crippen LogP contribution in [0, 0.1) is 0 Å². The maximum absolute atomic E-state index is 10.4. The average molecular weight is 230 g/mol. The van der Waals surface area contributed by atoms with Crippen LogP contribution in [-0.2, 0) is 19.1 Å². The number of hydrogen-bond acceptors (Lipinski definition) is 4. The molecule has 94 valence electrons. The monoisotopic (exact) mass is 230 g/mol. The van der Waals surface area contributed by atoms with Gasteiger partial charge >= 0.3 is 11.9 Å². The molecule has 0 aromatic heterocycles. The molecule has 0 radical (unpaired) electrons. The lowest BCUT2D eigenvalue weighted by Crippen LogP contribution is -2.09. The first kappa shape index (κ1) is 17.1. The fourth-order valence-corrected chi connectivity index (χ4v) is 0.600. The Morgan fingerprint density at radius 3 is 1.94 bits per heavy atom. The second kappa shape index (κ2) is 11.8. The van der Waals surface area contributed by atoms with Gasteiger partial charge < -0.3 is 9.47 Å². The summed E-state index contributed by atoms with van der Waals surface area (Å²) in [6, 6.07) is 0. The van der Waals surface area contributed by atoms with Crippen LogP contribution >= 0.6 is 0 Å². The summed E-state index contributed by atoms with van der Waals surface area (Å²) >= 11 is 0. The third kappa shape index (κ3) is 15.2. The molecule has 0 heterocycles. The fourth-order valence-electron chi connectivity index (χ4n) is 0.600. The van der Waals surface area contributed by atoms with E-state index in [1.807, 2.05) is 13.8 Å². The topological polar surface area (TPSA) is 52.6 Å². The summed E-state index contributed by atoms with van der Waals surface area (Å²) in [7, 11) is 0. The van der Waals surface area contributed by atoms with Gasteiger partial charge in [-0.25, -0.2) is 0 Å². The Balaban J connectivity index is 0. The van der Waals surface area contributed by atoms with Crippen LogP contribution in [0.3, 0.4) is 0 Å². The van der Waals surface area contributed by atoms with Crippen LogP contribution in [0.4, 0.5) is 0 Å². The molecule has 16 heavy (non-hydrogen) atoms. The van der Waals surface area contributed by atoms with E-state index in [4.69, 9.17) is 4.74 Å². The lowest BCUT2D eigenvalue weighted by Gasteiger charge is -2.04. The van der Waals surface area contributed by atoms with E-state index < -0.39 is 0 Å². The number of ether oxygens (including phenoxy) is 2. The normalized spacial score (nSPS) is 8.81. The Morgan fingerprint density at radius 2 is 1.69 bits per heavy atom. The van der Waals surface area contributed by atoms with Gasteiger partial charge in [0.15, 0.2) is 0 Å². The van der Waals surface area contributed by atoms with E-state index >= 15 is 0 Å². The molecule has 0 aliphatic rings. The summed E-state index contributed by atoms with van der Waals surface area (Å²) < 4.78 is 9.34. The second-order valence-corrected chi connectivity index (χ2v) is 3.22. The predicted octanol–water partition coefficient (Wildman–Crippen LogP) is 2.47. The zero-order valence-corrected chi connectivity index (χ0v) is 10.6. The number of carbonyl (C=O) groups excluding carboxylic acids is 2. The van der Waals surface area contributed by atoms with Crippen molar-refractivity contribution in [3.05, 3.63) is 12.7 Å². The molecule has 0 atom stereocenters. The Morgan fingerprint density at radius 1 is 1.19 bits per heavy atom. The highest BCUT2D eigenvalue weighted by atomic mass is 16.5. The van der Waals surface area contributed by atoms with Crippen LogP contribution in [0.5, 0.6) is 0 Å². The van der Waals surface area contributed by atoms with Crippen LogP contribution in [0.1, 0.15) is 40.5 Å². The Bertz CT molecular complexity index is 209. The molecule has 0 spiro atoms. The highest BCUT2D eigenvalue weighted by molar-refractivity contribution is 5.69. The first-order valence-electron chi connectivity index (χ1n) is 5.43. The Hall–Kier alpha value is -1.32.